The summed E-state index contributed by atoms with van der Waals surface area (Å²) >= 11 is 0. The van der Waals surface area contributed by atoms with Gasteiger partial charge in [0.1, 0.15) is 5.82 Å². The fraction of sp³-hybridized carbons (Fsp3) is 0.350. The van der Waals surface area contributed by atoms with Crippen molar-refractivity contribution in [1.29, 1.82) is 0 Å². The molecule has 124 valence electrons. The number of nitrogens with one attached hydrogen (secondary N) is 1. The first kappa shape index (κ1) is 15.3. The van der Waals surface area contributed by atoms with Gasteiger partial charge in [0.25, 0.3) is 0 Å². The minimum absolute atomic E-state index is 0.126. The molecule has 2 aromatic rings. The number of rotatable bonds is 2. The molecule has 2 aromatic carbocycles. The van der Waals surface area contributed by atoms with Gasteiger partial charge < -0.3 is 5.32 Å². The van der Waals surface area contributed by atoms with Gasteiger partial charge in [-0.15, -0.1) is 0 Å². The van der Waals surface area contributed by atoms with Gasteiger partial charge in [-0.2, -0.15) is 0 Å². The molecule has 1 spiro atoms. The summed E-state index contributed by atoms with van der Waals surface area (Å²) < 4.78 is 13.0. The summed E-state index contributed by atoms with van der Waals surface area (Å²) in [6, 6.07) is 15.0. The van der Waals surface area contributed by atoms with E-state index in [1.165, 1.54) is 17.7 Å². The number of fused-ring (bicyclic) bond motifs is 2. The van der Waals surface area contributed by atoms with Gasteiger partial charge in [-0.3, -0.25) is 9.69 Å². The van der Waals surface area contributed by atoms with E-state index in [4.69, 9.17) is 0 Å². The highest BCUT2D eigenvalue weighted by Gasteiger charge is 2.41. The van der Waals surface area contributed by atoms with E-state index >= 15 is 0 Å². The predicted octanol–water partition coefficient (Wildman–Crippen LogP) is 2.99. The molecule has 4 rings (SSSR count). The van der Waals surface area contributed by atoms with Crippen LogP contribution < -0.4 is 5.32 Å². The number of carbonyl (C=O) groups is 1. The lowest BCUT2D eigenvalue weighted by Gasteiger charge is -2.45. The molecule has 0 bridgehead atoms. The molecule has 1 saturated heterocycles. The van der Waals surface area contributed by atoms with Gasteiger partial charge in [-0.05, 0) is 41.7 Å². The highest BCUT2D eigenvalue weighted by atomic mass is 19.1. The number of likely N-dealkylation sites (tertiary alicyclic amines) is 1. The lowest BCUT2D eigenvalue weighted by Crippen LogP contribution is -2.56. The van der Waals surface area contributed by atoms with Crippen LogP contribution in [0.4, 0.5) is 4.39 Å². The smallest absolute Gasteiger partial charge is 0.225 e. The SMILES string of the molecule is O=C1Cc2ccccc2C2(CCN(Cc3ccc(F)cc3)CC2)N1. The van der Waals surface area contributed by atoms with Crippen molar-refractivity contribution in [2.75, 3.05) is 13.1 Å². The van der Waals surface area contributed by atoms with Crippen molar-refractivity contribution < 1.29 is 9.18 Å². The standard InChI is InChI=1S/C20H21FN2O/c21-17-7-5-15(6-8-17)14-23-11-9-20(10-12-23)18-4-2-1-3-16(18)13-19(24)22-20/h1-8H,9-14H2,(H,22,24). The van der Waals surface area contributed by atoms with E-state index in [1.54, 1.807) is 0 Å². The number of hydrogen-bond acceptors (Lipinski definition) is 2. The van der Waals surface area contributed by atoms with Crippen LogP contribution in [0.15, 0.2) is 48.5 Å². The topological polar surface area (TPSA) is 32.3 Å². The van der Waals surface area contributed by atoms with Gasteiger partial charge in [-0.1, -0.05) is 36.4 Å². The molecule has 1 N–H and O–H groups in total. The van der Waals surface area contributed by atoms with Crippen LogP contribution in [-0.2, 0) is 23.3 Å². The van der Waals surface area contributed by atoms with E-state index in [9.17, 15) is 9.18 Å². The molecule has 0 radical (unpaired) electrons. The molecule has 24 heavy (non-hydrogen) atoms. The van der Waals surface area contributed by atoms with Gasteiger partial charge in [0.05, 0.1) is 12.0 Å². The molecule has 2 heterocycles. The number of carbonyl (C=O) groups excluding carboxylic acids is 1. The van der Waals surface area contributed by atoms with Crippen LogP contribution in [0.25, 0.3) is 0 Å². The van der Waals surface area contributed by atoms with Crippen LogP contribution in [0.5, 0.6) is 0 Å². The molecular weight excluding hydrogens is 303 g/mol. The first-order valence-electron chi connectivity index (χ1n) is 8.51. The van der Waals surface area contributed by atoms with Crippen molar-refractivity contribution in [2.24, 2.45) is 0 Å². The largest absolute Gasteiger partial charge is 0.346 e. The van der Waals surface area contributed by atoms with Crippen LogP contribution in [0.3, 0.4) is 0 Å². The highest BCUT2D eigenvalue weighted by molar-refractivity contribution is 5.82. The zero-order valence-electron chi connectivity index (χ0n) is 13.6. The van der Waals surface area contributed by atoms with E-state index in [2.05, 4.69) is 28.4 Å². The van der Waals surface area contributed by atoms with Crippen LogP contribution in [0.2, 0.25) is 0 Å². The number of benzene rings is 2. The Morgan fingerprint density at radius 1 is 1.04 bits per heavy atom. The van der Waals surface area contributed by atoms with E-state index in [0.29, 0.717) is 6.42 Å². The Morgan fingerprint density at radius 2 is 1.75 bits per heavy atom. The lowest BCUT2D eigenvalue weighted by atomic mass is 9.75. The highest BCUT2D eigenvalue weighted by Crippen LogP contribution is 2.38. The van der Waals surface area contributed by atoms with Crippen LogP contribution in [0.1, 0.15) is 29.5 Å². The average Bonchev–Trinajstić information content (AvgIpc) is 2.59. The summed E-state index contributed by atoms with van der Waals surface area (Å²) in [4.78, 5) is 14.5. The number of hydrogen-bond donors (Lipinski definition) is 1. The Bertz CT molecular complexity index is 748. The van der Waals surface area contributed by atoms with E-state index in [0.717, 1.165) is 43.6 Å². The summed E-state index contributed by atoms with van der Waals surface area (Å²) in [5.41, 5.74) is 3.35. The van der Waals surface area contributed by atoms with Crippen LogP contribution >= 0.6 is 0 Å². The second-order valence-corrected chi connectivity index (χ2v) is 6.87. The second kappa shape index (κ2) is 6.02. The Labute approximate surface area is 141 Å². The molecule has 0 unspecified atom stereocenters. The summed E-state index contributed by atoms with van der Waals surface area (Å²) in [5.74, 6) is -0.0708. The second-order valence-electron chi connectivity index (χ2n) is 6.87. The third kappa shape index (κ3) is 2.82. The molecule has 0 atom stereocenters. The molecule has 0 aromatic heterocycles. The third-order valence-electron chi connectivity index (χ3n) is 5.29. The average molecular weight is 324 g/mol. The van der Waals surface area contributed by atoms with Gasteiger partial charge >= 0.3 is 0 Å². The summed E-state index contributed by atoms with van der Waals surface area (Å²) in [5, 5.41) is 3.26. The Hall–Kier alpha value is -2.20. The molecule has 0 aliphatic carbocycles. The number of nitrogens with zero attached hydrogens (tertiary/aromatic N) is 1. The van der Waals surface area contributed by atoms with Crippen molar-refractivity contribution >= 4 is 5.91 Å². The van der Waals surface area contributed by atoms with E-state index < -0.39 is 0 Å². The van der Waals surface area contributed by atoms with Crippen molar-refractivity contribution in [3.05, 3.63) is 71.0 Å². The molecule has 0 saturated carbocycles. The van der Waals surface area contributed by atoms with Gasteiger partial charge in [0.15, 0.2) is 0 Å². The van der Waals surface area contributed by atoms with Crippen LogP contribution in [-0.4, -0.2) is 23.9 Å². The first-order valence-corrected chi connectivity index (χ1v) is 8.51. The van der Waals surface area contributed by atoms with Crippen LogP contribution in [0, 0.1) is 5.82 Å². The summed E-state index contributed by atoms with van der Waals surface area (Å²) in [6.45, 7) is 2.67. The third-order valence-corrected chi connectivity index (χ3v) is 5.29. The fourth-order valence-electron chi connectivity index (χ4n) is 4.03. The molecule has 1 amide bonds. The maximum Gasteiger partial charge on any atom is 0.225 e. The maximum absolute atomic E-state index is 13.0. The number of amides is 1. The predicted molar refractivity (Wildman–Crippen MR) is 90.9 cm³/mol. The maximum atomic E-state index is 13.0. The van der Waals surface area contributed by atoms with Gasteiger partial charge in [0, 0.05) is 19.6 Å². The number of halogens is 1. The fourth-order valence-corrected chi connectivity index (χ4v) is 4.03. The lowest BCUT2D eigenvalue weighted by molar-refractivity contribution is -0.124. The van der Waals surface area contributed by atoms with Crippen molar-refractivity contribution in [2.45, 2.75) is 31.3 Å². The zero-order valence-corrected chi connectivity index (χ0v) is 13.6. The van der Waals surface area contributed by atoms with Gasteiger partial charge in [0.2, 0.25) is 5.91 Å². The molecule has 2 aliphatic rings. The normalized spacial score (nSPS) is 19.8. The molecule has 1 fully saturated rings. The molecule has 2 aliphatic heterocycles. The van der Waals surface area contributed by atoms with E-state index in [1.807, 2.05) is 18.2 Å². The first-order chi connectivity index (χ1) is 11.6. The van der Waals surface area contributed by atoms with Crippen molar-refractivity contribution in [1.82, 2.24) is 10.2 Å². The molecule has 4 heteroatoms. The van der Waals surface area contributed by atoms with Crippen molar-refractivity contribution in [3.8, 4) is 0 Å². The molecule has 3 nitrogen and oxygen atoms in total. The minimum Gasteiger partial charge on any atom is -0.346 e. The van der Waals surface area contributed by atoms with Gasteiger partial charge in [-0.25, -0.2) is 4.39 Å². The summed E-state index contributed by atoms with van der Waals surface area (Å²) in [6.07, 6.45) is 2.31. The Kier molecular flexibility index (Phi) is 3.85. The van der Waals surface area contributed by atoms with E-state index in [-0.39, 0.29) is 17.3 Å². The quantitative estimate of drug-likeness (QED) is 0.921. The Balaban J connectivity index is 1.49. The van der Waals surface area contributed by atoms with Crippen molar-refractivity contribution in [3.63, 3.8) is 0 Å². The Morgan fingerprint density at radius 3 is 2.50 bits per heavy atom. The monoisotopic (exact) mass is 324 g/mol. The minimum atomic E-state index is -0.217. The number of piperidine rings is 1. The zero-order chi connectivity index (χ0) is 16.6. The summed E-state index contributed by atoms with van der Waals surface area (Å²) in [7, 11) is 0. The molecular formula is C20H21FN2O.